The van der Waals surface area contributed by atoms with Crippen LogP contribution in [0.15, 0.2) is 48.5 Å². The van der Waals surface area contributed by atoms with Gasteiger partial charge in [0.15, 0.2) is 0 Å². The van der Waals surface area contributed by atoms with Crippen molar-refractivity contribution in [2.75, 3.05) is 0 Å². The van der Waals surface area contributed by atoms with Gasteiger partial charge in [0.05, 0.1) is 0 Å². The normalized spacial score (nSPS) is 9.56. The molecule has 2 nitrogen and oxygen atoms in total. The van der Waals surface area contributed by atoms with Crippen LogP contribution in [0.4, 0.5) is 0 Å². The van der Waals surface area contributed by atoms with Crippen molar-refractivity contribution in [3.8, 4) is 16.9 Å². The molecule has 0 aliphatic carbocycles. The second-order valence-corrected chi connectivity index (χ2v) is 3.43. The van der Waals surface area contributed by atoms with Crippen molar-refractivity contribution < 1.29 is 34.7 Å². The van der Waals surface area contributed by atoms with Crippen molar-refractivity contribution in [3.63, 3.8) is 0 Å². The third kappa shape index (κ3) is 3.09. The molecule has 3 heteroatoms. The van der Waals surface area contributed by atoms with E-state index in [-0.39, 0.29) is 35.3 Å². The fourth-order valence-corrected chi connectivity index (χ4v) is 1.53. The van der Waals surface area contributed by atoms with Crippen molar-refractivity contribution in [1.29, 1.82) is 0 Å². The maximum Gasteiger partial charge on any atom is 1.00 e. The van der Waals surface area contributed by atoms with Gasteiger partial charge < -0.3 is 10.8 Å². The number of benzene rings is 2. The molecule has 0 saturated heterocycles. The first-order valence-electron chi connectivity index (χ1n) is 4.86. The summed E-state index contributed by atoms with van der Waals surface area (Å²) in [5, 5.41) is 11.0. The van der Waals surface area contributed by atoms with E-state index in [0.29, 0.717) is 6.54 Å². The zero-order chi connectivity index (χ0) is 10.7. The first kappa shape index (κ1) is 13.3. The molecule has 0 radical (unpaired) electrons. The molecule has 0 saturated carbocycles. The van der Waals surface area contributed by atoms with E-state index in [9.17, 15) is 5.11 Å². The van der Waals surface area contributed by atoms with Gasteiger partial charge in [-0.15, -0.1) is 5.75 Å². The van der Waals surface area contributed by atoms with Gasteiger partial charge in [0.1, 0.15) is 0 Å². The number of rotatable bonds is 2. The summed E-state index contributed by atoms with van der Waals surface area (Å²) in [6, 6.07) is 14.8. The molecule has 0 spiro atoms. The topological polar surface area (TPSA) is 49.1 Å². The van der Waals surface area contributed by atoms with Crippen LogP contribution in [0.1, 0.15) is 5.56 Å². The Labute approximate surface area is 117 Å². The molecule has 0 fully saturated rings. The molecule has 0 aliphatic rings. The van der Waals surface area contributed by atoms with Crippen molar-refractivity contribution in [3.05, 3.63) is 54.1 Å². The van der Waals surface area contributed by atoms with Crippen LogP contribution in [-0.2, 0) is 6.54 Å². The Bertz CT molecular complexity index is 454. The standard InChI is InChI=1S/C13H13NO.Na/c14-9-10-2-1-3-12(8-10)11-4-6-13(15)7-5-11;/h1-8,15H,9,14H2;/q;+1/p-1. The monoisotopic (exact) mass is 221 g/mol. The molecular weight excluding hydrogens is 209 g/mol. The summed E-state index contributed by atoms with van der Waals surface area (Å²) < 4.78 is 0. The molecule has 2 N–H and O–H groups in total. The fraction of sp³-hybridized carbons (Fsp3) is 0.0769. The Balaban J connectivity index is 0.00000128. The Kier molecular flexibility index (Phi) is 5.03. The average Bonchev–Trinajstić information content (AvgIpc) is 2.30. The smallest absolute Gasteiger partial charge is 0.872 e. The van der Waals surface area contributed by atoms with Crippen molar-refractivity contribution >= 4 is 0 Å². The van der Waals surface area contributed by atoms with Gasteiger partial charge in [-0.3, -0.25) is 0 Å². The largest absolute Gasteiger partial charge is 1.00 e. The summed E-state index contributed by atoms with van der Waals surface area (Å²) in [5.41, 5.74) is 8.81. The van der Waals surface area contributed by atoms with E-state index in [1.54, 1.807) is 12.1 Å². The van der Waals surface area contributed by atoms with Crippen molar-refractivity contribution in [2.24, 2.45) is 5.73 Å². The third-order valence-corrected chi connectivity index (χ3v) is 2.35. The molecule has 0 amide bonds. The molecule has 76 valence electrons. The Morgan fingerprint density at radius 1 is 0.938 bits per heavy atom. The summed E-state index contributed by atoms with van der Waals surface area (Å²) >= 11 is 0. The molecule has 2 aromatic rings. The predicted molar refractivity (Wildman–Crippen MR) is 59.2 cm³/mol. The molecule has 2 rings (SSSR count). The molecule has 0 unspecified atom stereocenters. The molecule has 0 bridgehead atoms. The van der Waals surface area contributed by atoms with Crippen LogP contribution < -0.4 is 40.4 Å². The maximum atomic E-state index is 11.0. The second-order valence-electron chi connectivity index (χ2n) is 3.43. The molecule has 2 aromatic carbocycles. The first-order valence-corrected chi connectivity index (χ1v) is 4.86. The van der Waals surface area contributed by atoms with Crippen LogP contribution >= 0.6 is 0 Å². The zero-order valence-corrected chi connectivity index (χ0v) is 11.3. The van der Waals surface area contributed by atoms with E-state index in [4.69, 9.17) is 5.73 Å². The quantitative estimate of drug-likeness (QED) is 0.654. The number of hydrogen-bond acceptors (Lipinski definition) is 2. The fourth-order valence-electron chi connectivity index (χ4n) is 1.53. The number of hydrogen-bond donors (Lipinski definition) is 1. The van der Waals surface area contributed by atoms with Gasteiger partial charge >= 0.3 is 29.6 Å². The molecular formula is C13H12NNaO. The summed E-state index contributed by atoms with van der Waals surface area (Å²) in [5.74, 6) is 0.0359. The van der Waals surface area contributed by atoms with Gasteiger partial charge in [-0.2, -0.15) is 0 Å². The SMILES string of the molecule is NCc1cccc(-c2ccc([O-])cc2)c1.[Na+]. The molecule has 0 aliphatic heterocycles. The minimum absolute atomic E-state index is 0. The van der Waals surface area contributed by atoms with Gasteiger partial charge in [0.2, 0.25) is 0 Å². The van der Waals surface area contributed by atoms with E-state index >= 15 is 0 Å². The van der Waals surface area contributed by atoms with Crippen LogP contribution in [0, 0.1) is 0 Å². The van der Waals surface area contributed by atoms with Crippen LogP contribution in [-0.4, -0.2) is 0 Å². The summed E-state index contributed by atoms with van der Waals surface area (Å²) in [4.78, 5) is 0. The first-order chi connectivity index (χ1) is 7.29. The third-order valence-electron chi connectivity index (χ3n) is 2.35. The Morgan fingerprint density at radius 3 is 2.25 bits per heavy atom. The van der Waals surface area contributed by atoms with E-state index in [2.05, 4.69) is 0 Å². The average molecular weight is 221 g/mol. The van der Waals surface area contributed by atoms with E-state index in [0.717, 1.165) is 16.7 Å². The van der Waals surface area contributed by atoms with Crippen LogP contribution in [0.5, 0.6) is 5.75 Å². The summed E-state index contributed by atoms with van der Waals surface area (Å²) in [7, 11) is 0. The van der Waals surface area contributed by atoms with Gasteiger partial charge in [0.25, 0.3) is 0 Å². The van der Waals surface area contributed by atoms with Crippen molar-refractivity contribution in [1.82, 2.24) is 0 Å². The van der Waals surface area contributed by atoms with Crippen LogP contribution in [0.25, 0.3) is 11.1 Å². The predicted octanol–water partition coefficient (Wildman–Crippen LogP) is -1.11. The Hall–Kier alpha value is -0.800. The van der Waals surface area contributed by atoms with Crippen LogP contribution in [0.3, 0.4) is 0 Å². The maximum absolute atomic E-state index is 11.0. The summed E-state index contributed by atoms with van der Waals surface area (Å²) in [6.45, 7) is 0.535. The molecule has 0 heterocycles. The zero-order valence-electron chi connectivity index (χ0n) is 9.31. The summed E-state index contributed by atoms with van der Waals surface area (Å²) in [6.07, 6.45) is 0. The second kappa shape index (κ2) is 6.06. The minimum Gasteiger partial charge on any atom is -0.872 e. The van der Waals surface area contributed by atoms with Gasteiger partial charge in [-0.1, -0.05) is 42.5 Å². The Morgan fingerprint density at radius 2 is 1.62 bits per heavy atom. The van der Waals surface area contributed by atoms with Gasteiger partial charge in [-0.25, -0.2) is 0 Å². The van der Waals surface area contributed by atoms with Crippen LogP contribution in [0.2, 0.25) is 0 Å². The minimum atomic E-state index is 0. The van der Waals surface area contributed by atoms with E-state index in [1.807, 2.05) is 36.4 Å². The van der Waals surface area contributed by atoms with E-state index < -0.39 is 0 Å². The van der Waals surface area contributed by atoms with Gasteiger partial charge in [-0.05, 0) is 22.8 Å². The number of nitrogens with two attached hydrogens (primary N) is 1. The molecule has 0 atom stereocenters. The van der Waals surface area contributed by atoms with E-state index in [1.165, 1.54) is 0 Å². The van der Waals surface area contributed by atoms with Crippen molar-refractivity contribution in [2.45, 2.75) is 6.54 Å². The van der Waals surface area contributed by atoms with Gasteiger partial charge in [0, 0.05) is 6.54 Å². The molecule has 0 aromatic heterocycles. The molecule has 16 heavy (non-hydrogen) atoms.